The SMILES string of the molecule is O=CC1(O)C=Nc2ccccc21.c1ccc2ncccc2c1. The molecule has 22 heavy (non-hydrogen) atoms. The van der Waals surface area contributed by atoms with Crippen LogP contribution in [0.5, 0.6) is 0 Å². The molecule has 1 unspecified atom stereocenters. The summed E-state index contributed by atoms with van der Waals surface area (Å²) in [7, 11) is 0. The molecule has 2 heterocycles. The number of nitrogens with zero attached hydrogens (tertiary/aromatic N) is 2. The molecule has 2 aromatic carbocycles. The Bertz CT molecular complexity index is 780. The minimum atomic E-state index is -1.50. The number of aliphatic imine (C=N–C) groups is 1. The fourth-order valence-corrected chi connectivity index (χ4v) is 2.27. The second-order valence-corrected chi connectivity index (χ2v) is 4.91. The average molecular weight is 290 g/mol. The van der Waals surface area contributed by atoms with E-state index in [0.717, 1.165) is 5.52 Å². The lowest BCUT2D eigenvalue weighted by molar-refractivity contribution is -0.118. The predicted octanol–water partition coefficient (Wildman–Crippen LogP) is 3.02. The first-order valence-corrected chi connectivity index (χ1v) is 6.86. The summed E-state index contributed by atoms with van der Waals surface area (Å²) in [5.74, 6) is 0. The number of aromatic nitrogens is 1. The van der Waals surface area contributed by atoms with Crippen LogP contribution in [0.25, 0.3) is 10.9 Å². The van der Waals surface area contributed by atoms with Gasteiger partial charge in [0.15, 0.2) is 11.9 Å². The number of aliphatic hydroxyl groups is 1. The van der Waals surface area contributed by atoms with Gasteiger partial charge in [0, 0.05) is 23.4 Å². The third kappa shape index (κ3) is 2.64. The Labute approximate surface area is 127 Å². The van der Waals surface area contributed by atoms with E-state index in [9.17, 15) is 9.90 Å². The van der Waals surface area contributed by atoms with E-state index in [2.05, 4.69) is 22.1 Å². The molecule has 0 spiro atoms. The summed E-state index contributed by atoms with van der Waals surface area (Å²) in [6, 6.07) is 19.1. The first-order chi connectivity index (χ1) is 10.7. The van der Waals surface area contributed by atoms with Crippen LogP contribution < -0.4 is 0 Å². The van der Waals surface area contributed by atoms with Crippen molar-refractivity contribution in [1.29, 1.82) is 0 Å². The van der Waals surface area contributed by atoms with E-state index in [1.54, 1.807) is 18.2 Å². The standard InChI is InChI=1S/C9H7NO2.C9H7N/c11-6-9(12)5-10-8-4-2-1-3-7(8)9;1-2-6-9-8(4-1)5-3-7-10-9/h1-6,12H;1-7H. The van der Waals surface area contributed by atoms with Crippen LogP contribution in [0.3, 0.4) is 0 Å². The third-order valence-corrected chi connectivity index (χ3v) is 3.43. The van der Waals surface area contributed by atoms with Gasteiger partial charge in [0.1, 0.15) is 0 Å². The Morgan fingerprint density at radius 3 is 2.50 bits per heavy atom. The zero-order valence-electron chi connectivity index (χ0n) is 11.8. The maximum atomic E-state index is 10.6. The molecule has 4 heteroatoms. The lowest BCUT2D eigenvalue weighted by atomic mass is 9.98. The predicted molar refractivity (Wildman–Crippen MR) is 86.3 cm³/mol. The van der Waals surface area contributed by atoms with E-state index in [1.165, 1.54) is 11.6 Å². The Morgan fingerprint density at radius 2 is 1.68 bits per heavy atom. The van der Waals surface area contributed by atoms with E-state index in [-0.39, 0.29) is 0 Å². The van der Waals surface area contributed by atoms with Crippen molar-refractivity contribution in [3.63, 3.8) is 0 Å². The number of hydrogen-bond acceptors (Lipinski definition) is 4. The highest BCUT2D eigenvalue weighted by atomic mass is 16.3. The Morgan fingerprint density at radius 1 is 0.955 bits per heavy atom. The smallest absolute Gasteiger partial charge is 0.182 e. The fourth-order valence-electron chi connectivity index (χ4n) is 2.27. The van der Waals surface area contributed by atoms with Gasteiger partial charge in [0.25, 0.3) is 0 Å². The summed E-state index contributed by atoms with van der Waals surface area (Å²) in [4.78, 5) is 18.6. The largest absolute Gasteiger partial charge is 0.373 e. The Balaban J connectivity index is 0.000000133. The molecule has 0 bridgehead atoms. The van der Waals surface area contributed by atoms with Crippen molar-refractivity contribution in [2.75, 3.05) is 0 Å². The minimum absolute atomic E-state index is 0.488. The van der Waals surface area contributed by atoms with Gasteiger partial charge in [-0.05, 0) is 18.2 Å². The summed E-state index contributed by atoms with van der Waals surface area (Å²) in [5, 5.41) is 10.8. The summed E-state index contributed by atoms with van der Waals surface area (Å²) >= 11 is 0. The molecule has 1 N–H and O–H groups in total. The lowest BCUT2D eigenvalue weighted by Crippen LogP contribution is -2.26. The van der Waals surface area contributed by atoms with Gasteiger partial charge in [0.05, 0.1) is 11.2 Å². The van der Waals surface area contributed by atoms with Crippen LogP contribution in [0, 0.1) is 0 Å². The summed E-state index contributed by atoms with van der Waals surface area (Å²) < 4.78 is 0. The highest BCUT2D eigenvalue weighted by Gasteiger charge is 2.32. The van der Waals surface area contributed by atoms with E-state index in [1.807, 2.05) is 36.5 Å². The van der Waals surface area contributed by atoms with Crippen molar-refractivity contribution in [2.45, 2.75) is 5.60 Å². The van der Waals surface area contributed by atoms with Crippen LogP contribution in [-0.2, 0) is 10.4 Å². The highest BCUT2D eigenvalue weighted by molar-refractivity contribution is 5.98. The van der Waals surface area contributed by atoms with Crippen molar-refractivity contribution < 1.29 is 9.90 Å². The maximum Gasteiger partial charge on any atom is 0.182 e. The Kier molecular flexibility index (Phi) is 3.76. The molecule has 0 amide bonds. The molecule has 0 fully saturated rings. The number of fused-ring (bicyclic) bond motifs is 2. The van der Waals surface area contributed by atoms with Gasteiger partial charge in [-0.15, -0.1) is 0 Å². The third-order valence-electron chi connectivity index (χ3n) is 3.43. The van der Waals surface area contributed by atoms with Crippen molar-refractivity contribution in [2.24, 2.45) is 4.99 Å². The van der Waals surface area contributed by atoms with Crippen molar-refractivity contribution in [1.82, 2.24) is 4.98 Å². The maximum absolute atomic E-state index is 10.6. The number of hydrogen-bond donors (Lipinski definition) is 1. The molecule has 4 nitrogen and oxygen atoms in total. The first kappa shape index (κ1) is 14.1. The molecule has 1 atom stereocenters. The van der Waals surface area contributed by atoms with E-state index in [0.29, 0.717) is 17.5 Å². The lowest BCUT2D eigenvalue weighted by Gasteiger charge is -2.11. The van der Waals surface area contributed by atoms with Gasteiger partial charge >= 0.3 is 0 Å². The van der Waals surface area contributed by atoms with Crippen LogP contribution in [0.4, 0.5) is 5.69 Å². The van der Waals surface area contributed by atoms with Crippen molar-refractivity contribution in [3.05, 3.63) is 72.4 Å². The summed E-state index contributed by atoms with van der Waals surface area (Å²) in [6.45, 7) is 0. The van der Waals surface area contributed by atoms with Gasteiger partial charge < -0.3 is 5.11 Å². The molecule has 1 aliphatic heterocycles. The first-order valence-electron chi connectivity index (χ1n) is 6.86. The average Bonchev–Trinajstić information content (AvgIpc) is 2.94. The van der Waals surface area contributed by atoms with Crippen LogP contribution in [0.2, 0.25) is 0 Å². The summed E-state index contributed by atoms with van der Waals surface area (Å²) in [5.41, 5.74) is 0.772. The van der Waals surface area contributed by atoms with Gasteiger partial charge in [-0.1, -0.05) is 42.5 Å². The number of carbonyl (C=O) groups is 1. The van der Waals surface area contributed by atoms with Crippen molar-refractivity contribution in [3.8, 4) is 0 Å². The van der Waals surface area contributed by atoms with Crippen LogP contribution in [-0.4, -0.2) is 22.6 Å². The zero-order chi connectivity index (χ0) is 15.4. The molecular formula is C18H14N2O2. The van der Waals surface area contributed by atoms with Crippen LogP contribution in [0.1, 0.15) is 5.56 Å². The van der Waals surface area contributed by atoms with Crippen LogP contribution >= 0.6 is 0 Å². The molecule has 3 aromatic rings. The number of benzene rings is 2. The van der Waals surface area contributed by atoms with Gasteiger partial charge in [-0.25, -0.2) is 0 Å². The molecule has 1 aliphatic rings. The van der Waals surface area contributed by atoms with Gasteiger partial charge in [-0.2, -0.15) is 0 Å². The molecule has 0 saturated heterocycles. The quantitative estimate of drug-likeness (QED) is 0.701. The number of aldehydes is 1. The normalized spacial score (nSPS) is 18.4. The number of carbonyl (C=O) groups excluding carboxylic acids is 1. The fraction of sp³-hybridized carbons (Fsp3) is 0.0556. The highest BCUT2D eigenvalue weighted by Crippen LogP contribution is 2.33. The summed E-state index contributed by atoms with van der Waals surface area (Å²) in [6.07, 6.45) is 3.55. The van der Waals surface area contributed by atoms with E-state index in [4.69, 9.17) is 0 Å². The number of pyridine rings is 1. The molecule has 0 aliphatic carbocycles. The van der Waals surface area contributed by atoms with E-state index >= 15 is 0 Å². The molecule has 108 valence electrons. The monoisotopic (exact) mass is 290 g/mol. The van der Waals surface area contributed by atoms with Gasteiger partial charge in [0.2, 0.25) is 0 Å². The molecular weight excluding hydrogens is 276 g/mol. The topological polar surface area (TPSA) is 62.5 Å². The zero-order valence-corrected chi connectivity index (χ0v) is 11.8. The number of rotatable bonds is 1. The van der Waals surface area contributed by atoms with Crippen molar-refractivity contribution >= 4 is 29.1 Å². The number of para-hydroxylation sites is 2. The second-order valence-electron chi connectivity index (χ2n) is 4.91. The molecule has 0 saturated carbocycles. The van der Waals surface area contributed by atoms with Crippen LogP contribution in [0.15, 0.2) is 71.9 Å². The Hall–Kier alpha value is -2.85. The molecule has 1 aromatic heterocycles. The molecule has 0 radical (unpaired) electrons. The second kappa shape index (κ2) is 5.87. The minimum Gasteiger partial charge on any atom is -0.373 e. The molecule has 4 rings (SSSR count). The van der Waals surface area contributed by atoms with Gasteiger partial charge in [-0.3, -0.25) is 14.8 Å². The van der Waals surface area contributed by atoms with E-state index < -0.39 is 5.60 Å².